The molecule has 0 unspecified atom stereocenters. The van der Waals surface area contributed by atoms with E-state index in [1.54, 1.807) is 5.56 Å². The zero-order valence-electron chi connectivity index (χ0n) is 19.4. The third-order valence-corrected chi connectivity index (χ3v) is 8.35. The lowest BCUT2D eigenvalue weighted by Crippen LogP contribution is -2.57. The Morgan fingerprint density at radius 3 is 2.50 bits per heavy atom. The van der Waals surface area contributed by atoms with Crippen LogP contribution in [0.15, 0.2) is 42.6 Å². The van der Waals surface area contributed by atoms with Gasteiger partial charge in [0.25, 0.3) is 0 Å². The van der Waals surface area contributed by atoms with Crippen molar-refractivity contribution in [3.8, 4) is 11.3 Å². The van der Waals surface area contributed by atoms with Gasteiger partial charge in [0.2, 0.25) is 5.69 Å². The standard InChI is InChI=1S/C29H36N/c1-6-9-11-20-18-22-15-17-30-27-25-21(14-16-29(30,7-2)8-3)12-10-13-23(25)28(4,5)24(19-20)26(22)27/h10,12-13,15,17-19H,6-9,11,14,16H2,1-5H3/q+1. The summed E-state index contributed by atoms with van der Waals surface area (Å²) in [5.74, 6) is 0. The van der Waals surface area contributed by atoms with Crippen molar-refractivity contribution in [3.63, 3.8) is 0 Å². The Kier molecular flexibility index (Phi) is 4.58. The van der Waals surface area contributed by atoms with Gasteiger partial charge >= 0.3 is 0 Å². The maximum atomic E-state index is 2.69. The van der Waals surface area contributed by atoms with E-state index in [2.05, 4.69) is 81.8 Å². The van der Waals surface area contributed by atoms with Crippen molar-refractivity contribution >= 4 is 10.8 Å². The van der Waals surface area contributed by atoms with Crippen LogP contribution in [0.2, 0.25) is 0 Å². The molecular formula is C29H36N+. The van der Waals surface area contributed by atoms with E-state index in [1.807, 2.05) is 0 Å². The zero-order chi connectivity index (χ0) is 21.1. The van der Waals surface area contributed by atoms with Gasteiger partial charge in [0.05, 0.1) is 10.9 Å². The number of nitrogens with zero attached hydrogens (tertiary/aromatic N) is 1. The monoisotopic (exact) mass is 398 g/mol. The maximum absolute atomic E-state index is 2.69. The summed E-state index contributed by atoms with van der Waals surface area (Å²) in [6.45, 7) is 11.9. The molecule has 1 aliphatic heterocycles. The fourth-order valence-corrected chi connectivity index (χ4v) is 6.32. The van der Waals surface area contributed by atoms with Crippen LogP contribution >= 0.6 is 0 Å². The van der Waals surface area contributed by atoms with Crippen molar-refractivity contribution in [1.29, 1.82) is 0 Å². The minimum atomic E-state index is 0.0312. The summed E-state index contributed by atoms with van der Waals surface area (Å²) in [5.41, 5.74) is 9.37. The lowest BCUT2D eigenvalue weighted by Gasteiger charge is -2.35. The van der Waals surface area contributed by atoms with Crippen LogP contribution in [0.3, 0.4) is 0 Å². The predicted octanol–water partition coefficient (Wildman–Crippen LogP) is 7.24. The molecule has 0 saturated heterocycles. The van der Waals surface area contributed by atoms with Crippen molar-refractivity contribution in [3.05, 3.63) is 64.8 Å². The Morgan fingerprint density at radius 2 is 1.77 bits per heavy atom. The number of hydrogen-bond acceptors (Lipinski definition) is 0. The molecule has 0 spiro atoms. The van der Waals surface area contributed by atoms with E-state index in [0.29, 0.717) is 0 Å². The van der Waals surface area contributed by atoms with Gasteiger partial charge in [-0.2, -0.15) is 4.57 Å². The lowest BCUT2D eigenvalue weighted by molar-refractivity contribution is -0.756. The molecule has 0 radical (unpaired) electrons. The number of aromatic nitrogens is 1. The molecule has 1 nitrogen and oxygen atoms in total. The summed E-state index contributed by atoms with van der Waals surface area (Å²) in [6.07, 6.45) is 10.9. The van der Waals surface area contributed by atoms with Crippen LogP contribution in [-0.2, 0) is 23.8 Å². The summed E-state index contributed by atoms with van der Waals surface area (Å²) >= 11 is 0. The SMILES string of the molecule is CCCCc1cc2c3c4[n+](ccc3c1)C(CC)(CC)CCc1cccc(c1-4)C2(C)C. The van der Waals surface area contributed by atoms with E-state index in [4.69, 9.17) is 0 Å². The minimum Gasteiger partial charge on any atom is -0.192 e. The molecule has 0 fully saturated rings. The largest absolute Gasteiger partial charge is 0.221 e. The highest BCUT2D eigenvalue weighted by molar-refractivity contribution is 6.01. The molecule has 5 rings (SSSR count). The fourth-order valence-electron chi connectivity index (χ4n) is 6.32. The second-order valence-electron chi connectivity index (χ2n) is 10.1. The van der Waals surface area contributed by atoms with Crippen molar-refractivity contribution in [2.75, 3.05) is 0 Å². The summed E-state index contributed by atoms with van der Waals surface area (Å²) in [6, 6.07) is 14.5. The first-order valence-corrected chi connectivity index (χ1v) is 12.1. The first kappa shape index (κ1) is 19.8. The third kappa shape index (κ3) is 2.57. The van der Waals surface area contributed by atoms with E-state index in [-0.39, 0.29) is 11.0 Å². The van der Waals surface area contributed by atoms with Gasteiger partial charge in [-0.3, -0.25) is 0 Å². The van der Waals surface area contributed by atoms with E-state index in [0.717, 1.165) is 0 Å². The summed E-state index contributed by atoms with van der Waals surface area (Å²) < 4.78 is 2.69. The highest BCUT2D eigenvalue weighted by Gasteiger charge is 2.46. The van der Waals surface area contributed by atoms with Crippen molar-refractivity contribution in [1.82, 2.24) is 0 Å². The average molecular weight is 399 g/mol. The van der Waals surface area contributed by atoms with E-state index < -0.39 is 0 Å². The van der Waals surface area contributed by atoms with Gasteiger partial charge in [-0.05, 0) is 46.9 Å². The predicted molar refractivity (Wildman–Crippen MR) is 127 cm³/mol. The van der Waals surface area contributed by atoms with Gasteiger partial charge in [-0.15, -0.1) is 0 Å². The average Bonchev–Trinajstić information content (AvgIpc) is 2.91. The normalized spacial score (nSPS) is 17.8. The van der Waals surface area contributed by atoms with Crippen LogP contribution in [0.25, 0.3) is 22.0 Å². The van der Waals surface area contributed by atoms with Gasteiger partial charge in [-0.25, -0.2) is 0 Å². The molecule has 0 amide bonds. The molecule has 3 aromatic rings. The topological polar surface area (TPSA) is 3.88 Å². The molecule has 1 aromatic heterocycles. The number of rotatable bonds is 5. The van der Waals surface area contributed by atoms with Crippen LogP contribution in [0.1, 0.15) is 89.0 Å². The molecule has 0 bridgehead atoms. The van der Waals surface area contributed by atoms with E-state index in [9.17, 15) is 0 Å². The number of hydrogen-bond donors (Lipinski definition) is 0. The van der Waals surface area contributed by atoms with Gasteiger partial charge < -0.3 is 0 Å². The van der Waals surface area contributed by atoms with Crippen LogP contribution in [-0.4, -0.2) is 0 Å². The van der Waals surface area contributed by atoms with E-state index >= 15 is 0 Å². The quantitative estimate of drug-likeness (QED) is 0.399. The van der Waals surface area contributed by atoms with Gasteiger partial charge in [-0.1, -0.05) is 71.4 Å². The first-order chi connectivity index (χ1) is 14.5. The molecule has 2 aromatic carbocycles. The molecule has 1 aliphatic carbocycles. The van der Waals surface area contributed by atoms with Gasteiger partial charge in [0.1, 0.15) is 0 Å². The van der Waals surface area contributed by atoms with Crippen molar-refractivity contribution in [2.45, 2.75) is 90.5 Å². The number of benzene rings is 2. The Labute approximate surface area is 182 Å². The lowest BCUT2D eigenvalue weighted by atomic mass is 9.68. The Hall–Kier alpha value is -2.15. The smallest absolute Gasteiger partial charge is 0.192 e. The Morgan fingerprint density at radius 1 is 0.967 bits per heavy atom. The second-order valence-corrected chi connectivity index (χ2v) is 10.1. The Bertz CT molecular complexity index is 1130. The van der Waals surface area contributed by atoms with Crippen LogP contribution in [0, 0.1) is 0 Å². The fraction of sp³-hybridized carbons (Fsp3) is 0.483. The molecule has 2 aliphatic rings. The molecule has 0 atom stereocenters. The molecule has 30 heavy (non-hydrogen) atoms. The molecule has 1 heteroatoms. The first-order valence-electron chi connectivity index (χ1n) is 12.1. The molecule has 2 heterocycles. The summed E-state index contributed by atoms with van der Waals surface area (Å²) in [7, 11) is 0. The van der Waals surface area contributed by atoms with Gasteiger partial charge in [0, 0.05) is 30.7 Å². The van der Waals surface area contributed by atoms with Crippen LogP contribution in [0.4, 0.5) is 0 Å². The number of unbranched alkanes of at least 4 members (excludes halogenated alkanes) is 1. The maximum Gasteiger partial charge on any atom is 0.221 e. The summed E-state index contributed by atoms with van der Waals surface area (Å²) in [4.78, 5) is 0. The molecule has 0 N–H and O–H groups in total. The zero-order valence-corrected chi connectivity index (χ0v) is 19.4. The minimum absolute atomic E-state index is 0.0312. The Balaban J connectivity index is 1.94. The highest BCUT2D eigenvalue weighted by Crippen LogP contribution is 2.51. The second kappa shape index (κ2) is 6.94. The van der Waals surface area contributed by atoms with Crippen LogP contribution < -0.4 is 4.57 Å². The van der Waals surface area contributed by atoms with Crippen LogP contribution in [0.5, 0.6) is 0 Å². The molecule has 156 valence electrons. The van der Waals surface area contributed by atoms with Gasteiger partial charge in [0.15, 0.2) is 11.7 Å². The number of pyridine rings is 1. The molecular weight excluding hydrogens is 362 g/mol. The van der Waals surface area contributed by atoms with Crippen molar-refractivity contribution < 1.29 is 4.57 Å². The molecule has 0 saturated carbocycles. The highest BCUT2D eigenvalue weighted by atomic mass is 15.1. The third-order valence-electron chi connectivity index (χ3n) is 8.35. The van der Waals surface area contributed by atoms with E-state index in [1.165, 1.54) is 83.7 Å². The summed E-state index contributed by atoms with van der Waals surface area (Å²) in [5, 5.41) is 2.94. The number of aryl methyl sites for hydroxylation is 2. The van der Waals surface area contributed by atoms with Crippen molar-refractivity contribution in [2.24, 2.45) is 0 Å².